The Morgan fingerprint density at radius 1 is 1.05 bits per heavy atom. The molecule has 2 aromatic carbocycles. The van der Waals surface area contributed by atoms with Crippen molar-refractivity contribution in [2.45, 2.75) is 0 Å². The maximum absolute atomic E-state index is 12.4. The van der Waals surface area contributed by atoms with Gasteiger partial charge in [-0.25, -0.2) is 0 Å². The number of hydrogen-bond donors (Lipinski definition) is 0. The van der Waals surface area contributed by atoms with Crippen molar-refractivity contribution in [3.05, 3.63) is 65.4 Å². The number of hydrogen-bond acceptors (Lipinski definition) is 3. The Morgan fingerprint density at radius 2 is 1.75 bits per heavy atom. The Kier molecular flexibility index (Phi) is 3.03. The lowest BCUT2D eigenvalue weighted by Crippen LogP contribution is -2.13. The van der Waals surface area contributed by atoms with E-state index in [1.54, 1.807) is 7.11 Å². The number of anilines is 1. The summed E-state index contributed by atoms with van der Waals surface area (Å²) in [7, 11) is 3.55. The van der Waals surface area contributed by atoms with Gasteiger partial charge in [0.1, 0.15) is 5.75 Å². The van der Waals surface area contributed by atoms with Gasteiger partial charge in [-0.15, -0.1) is 0 Å². The molecule has 1 heterocycles. The molecule has 0 radical (unpaired) electrons. The molecule has 0 aromatic heterocycles. The molecule has 0 saturated heterocycles. The van der Waals surface area contributed by atoms with Crippen LogP contribution in [-0.4, -0.2) is 19.9 Å². The van der Waals surface area contributed by atoms with Gasteiger partial charge in [0.05, 0.1) is 18.5 Å². The Morgan fingerprint density at radius 3 is 2.40 bits per heavy atom. The van der Waals surface area contributed by atoms with Crippen molar-refractivity contribution in [2.24, 2.45) is 0 Å². The number of ether oxygens (including phenoxy) is 1. The number of allylic oxidation sites excluding steroid dienone is 1. The Labute approximate surface area is 118 Å². The van der Waals surface area contributed by atoms with Crippen LogP contribution >= 0.6 is 0 Å². The van der Waals surface area contributed by atoms with Crippen LogP contribution in [-0.2, 0) is 0 Å². The highest BCUT2D eigenvalue weighted by atomic mass is 16.5. The summed E-state index contributed by atoms with van der Waals surface area (Å²) in [5.74, 6) is 0.875. The third-order valence-electron chi connectivity index (χ3n) is 3.52. The topological polar surface area (TPSA) is 29.5 Å². The molecule has 1 aliphatic heterocycles. The second kappa shape index (κ2) is 4.85. The van der Waals surface area contributed by atoms with Crippen LogP contribution in [0.4, 0.5) is 5.69 Å². The number of Topliss-reactive ketones (excluding diaryl/α,β-unsaturated/α-hetero) is 1. The summed E-state index contributed by atoms with van der Waals surface area (Å²) in [5.41, 5.74) is 3.39. The molecule has 2 aromatic rings. The lowest BCUT2D eigenvalue weighted by Gasteiger charge is -2.13. The number of likely N-dealkylation sites (N-methyl/N-ethyl adjacent to an activating group) is 1. The Balaban J connectivity index is 1.99. The second-order valence-electron chi connectivity index (χ2n) is 4.71. The van der Waals surface area contributed by atoms with E-state index < -0.39 is 0 Å². The van der Waals surface area contributed by atoms with Crippen LogP contribution in [0.2, 0.25) is 0 Å². The molecular weight excluding hydrogens is 250 g/mol. The zero-order valence-corrected chi connectivity index (χ0v) is 11.5. The molecule has 0 unspecified atom stereocenters. The van der Waals surface area contributed by atoms with Gasteiger partial charge in [0.15, 0.2) is 0 Å². The van der Waals surface area contributed by atoms with Gasteiger partial charge in [0.25, 0.3) is 0 Å². The molecule has 0 bridgehead atoms. The fourth-order valence-corrected chi connectivity index (χ4v) is 2.40. The van der Waals surface area contributed by atoms with Crippen LogP contribution in [0.1, 0.15) is 15.9 Å². The maximum Gasteiger partial charge on any atom is 0.211 e. The summed E-state index contributed by atoms with van der Waals surface area (Å²) in [6.07, 6.45) is 1.90. The minimum Gasteiger partial charge on any atom is -0.497 e. The van der Waals surface area contributed by atoms with Crippen molar-refractivity contribution in [1.82, 2.24) is 0 Å². The van der Waals surface area contributed by atoms with Crippen molar-refractivity contribution < 1.29 is 9.53 Å². The van der Waals surface area contributed by atoms with E-state index in [2.05, 4.69) is 0 Å². The molecule has 0 amide bonds. The summed E-state index contributed by atoms with van der Waals surface area (Å²) in [6, 6.07) is 15.3. The van der Waals surface area contributed by atoms with E-state index in [-0.39, 0.29) is 5.78 Å². The first-order valence-corrected chi connectivity index (χ1v) is 6.44. The van der Waals surface area contributed by atoms with Crippen molar-refractivity contribution in [1.29, 1.82) is 0 Å². The van der Waals surface area contributed by atoms with Gasteiger partial charge < -0.3 is 9.64 Å². The van der Waals surface area contributed by atoms with Crippen LogP contribution in [0.5, 0.6) is 5.75 Å². The molecule has 1 aliphatic rings. The Hall–Kier alpha value is -2.55. The molecule has 0 spiro atoms. The van der Waals surface area contributed by atoms with Gasteiger partial charge >= 0.3 is 0 Å². The minimum atomic E-state index is 0.0684. The van der Waals surface area contributed by atoms with Crippen molar-refractivity contribution in [3.63, 3.8) is 0 Å². The zero-order chi connectivity index (χ0) is 14.1. The van der Waals surface area contributed by atoms with E-state index in [0.29, 0.717) is 5.70 Å². The number of para-hydroxylation sites is 1. The van der Waals surface area contributed by atoms with Crippen LogP contribution in [0.15, 0.2) is 54.2 Å². The number of benzene rings is 2. The van der Waals surface area contributed by atoms with E-state index in [1.807, 2.05) is 66.6 Å². The highest BCUT2D eigenvalue weighted by Gasteiger charge is 2.28. The summed E-state index contributed by atoms with van der Waals surface area (Å²) in [5, 5.41) is 0. The summed E-state index contributed by atoms with van der Waals surface area (Å²) < 4.78 is 5.13. The first kappa shape index (κ1) is 12.5. The normalized spacial score (nSPS) is 15.6. The van der Waals surface area contributed by atoms with Crippen molar-refractivity contribution in [2.75, 3.05) is 19.1 Å². The number of ketones is 1. The third kappa shape index (κ3) is 1.97. The van der Waals surface area contributed by atoms with Gasteiger partial charge in [-0.3, -0.25) is 4.79 Å². The van der Waals surface area contributed by atoms with E-state index >= 15 is 0 Å². The number of methoxy groups -OCH3 is 1. The lowest BCUT2D eigenvalue weighted by molar-refractivity contribution is 0.104. The molecule has 3 nitrogen and oxygen atoms in total. The fourth-order valence-electron chi connectivity index (χ4n) is 2.40. The number of rotatable bonds is 2. The van der Waals surface area contributed by atoms with Gasteiger partial charge in [-0.05, 0) is 35.9 Å². The first-order valence-electron chi connectivity index (χ1n) is 6.44. The summed E-state index contributed by atoms with van der Waals surface area (Å²) in [4.78, 5) is 14.3. The molecule has 0 fully saturated rings. The number of nitrogens with zero attached hydrogens (tertiary/aromatic N) is 1. The average Bonchev–Trinajstić information content (AvgIpc) is 2.74. The highest BCUT2D eigenvalue weighted by molar-refractivity contribution is 6.21. The molecule has 0 aliphatic carbocycles. The minimum absolute atomic E-state index is 0.0684. The molecule has 0 atom stereocenters. The smallest absolute Gasteiger partial charge is 0.211 e. The van der Waals surface area contributed by atoms with Crippen LogP contribution < -0.4 is 9.64 Å². The molecule has 100 valence electrons. The molecular formula is C17H15NO2. The molecule has 0 N–H and O–H groups in total. The largest absolute Gasteiger partial charge is 0.497 e. The van der Waals surface area contributed by atoms with E-state index in [0.717, 1.165) is 22.6 Å². The molecule has 0 saturated carbocycles. The van der Waals surface area contributed by atoms with Gasteiger partial charge in [0, 0.05) is 12.6 Å². The standard InChI is InChI=1S/C17H15NO2/c1-18-15-6-4-3-5-14(15)17(19)16(18)11-12-7-9-13(20-2)10-8-12/h3-11H,1-2H3/b16-11+. The summed E-state index contributed by atoms with van der Waals surface area (Å²) in [6.45, 7) is 0. The maximum atomic E-state index is 12.4. The zero-order valence-electron chi connectivity index (χ0n) is 11.5. The fraction of sp³-hybridized carbons (Fsp3) is 0.118. The van der Waals surface area contributed by atoms with Crippen molar-refractivity contribution in [3.8, 4) is 5.75 Å². The SMILES string of the molecule is COc1ccc(/C=C2\C(=O)c3ccccc3N2C)cc1. The molecule has 3 heteroatoms. The number of fused-ring (bicyclic) bond motifs is 1. The van der Waals surface area contributed by atoms with Gasteiger partial charge in [-0.2, -0.15) is 0 Å². The quantitative estimate of drug-likeness (QED) is 0.780. The number of carbonyl (C=O) groups is 1. The van der Waals surface area contributed by atoms with Crippen molar-refractivity contribution >= 4 is 17.5 Å². The van der Waals surface area contributed by atoms with E-state index in [1.165, 1.54) is 0 Å². The second-order valence-corrected chi connectivity index (χ2v) is 4.71. The van der Waals surface area contributed by atoms with E-state index in [4.69, 9.17) is 4.74 Å². The third-order valence-corrected chi connectivity index (χ3v) is 3.52. The highest BCUT2D eigenvalue weighted by Crippen LogP contribution is 2.33. The van der Waals surface area contributed by atoms with Crippen LogP contribution in [0, 0.1) is 0 Å². The predicted octanol–water partition coefficient (Wildman–Crippen LogP) is 3.37. The first-order chi connectivity index (χ1) is 9.70. The summed E-state index contributed by atoms with van der Waals surface area (Å²) >= 11 is 0. The van der Waals surface area contributed by atoms with Crippen LogP contribution in [0.25, 0.3) is 6.08 Å². The predicted molar refractivity (Wildman–Crippen MR) is 80.1 cm³/mol. The molecule has 20 heavy (non-hydrogen) atoms. The Bertz CT molecular complexity index is 686. The van der Waals surface area contributed by atoms with E-state index in [9.17, 15) is 4.79 Å². The van der Waals surface area contributed by atoms with Crippen LogP contribution in [0.3, 0.4) is 0 Å². The lowest BCUT2D eigenvalue weighted by atomic mass is 10.1. The van der Waals surface area contributed by atoms with Gasteiger partial charge in [0.2, 0.25) is 5.78 Å². The average molecular weight is 265 g/mol. The molecule has 3 rings (SSSR count). The monoisotopic (exact) mass is 265 g/mol. The van der Waals surface area contributed by atoms with Gasteiger partial charge in [-0.1, -0.05) is 24.3 Å². The number of carbonyl (C=O) groups excluding carboxylic acids is 1.